The molecule has 0 aliphatic carbocycles. The van der Waals surface area contributed by atoms with E-state index < -0.39 is 0 Å². The van der Waals surface area contributed by atoms with Crippen LogP contribution in [0.5, 0.6) is 0 Å². The number of hydrogen-bond acceptors (Lipinski definition) is 5. The summed E-state index contributed by atoms with van der Waals surface area (Å²) >= 11 is 7.57. The molecule has 2 N–H and O–H groups in total. The summed E-state index contributed by atoms with van der Waals surface area (Å²) in [6.45, 7) is 4.87. The van der Waals surface area contributed by atoms with Crippen LogP contribution in [0.1, 0.15) is 30.3 Å². The zero-order valence-electron chi connectivity index (χ0n) is 14.5. The van der Waals surface area contributed by atoms with Crippen LogP contribution in [0, 0.1) is 5.41 Å². The van der Waals surface area contributed by atoms with E-state index in [0.717, 1.165) is 30.8 Å². The molecule has 0 radical (unpaired) electrons. The molecule has 1 aliphatic heterocycles. The molecule has 1 amide bonds. The molecular weight excluding hydrogens is 391 g/mol. The number of nitrogens with one attached hydrogen (secondary N) is 2. The molecule has 2 heterocycles. The number of nitrogens with zero attached hydrogens (tertiary/aromatic N) is 2. The van der Waals surface area contributed by atoms with Gasteiger partial charge < -0.3 is 10.6 Å². The summed E-state index contributed by atoms with van der Waals surface area (Å²) in [6.07, 6.45) is 2.12. The van der Waals surface area contributed by atoms with Crippen molar-refractivity contribution in [3.63, 3.8) is 0 Å². The van der Waals surface area contributed by atoms with E-state index in [2.05, 4.69) is 27.8 Å². The Morgan fingerprint density at radius 3 is 2.62 bits per heavy atom. The van der Waals surface area contributed by atoms with Crippen molar-refractivity contribution >= 4 is 41.7 Å². The Labute approximate surface area is 169 Å². The second kappa shape index (κ2) is 9.55. The topological polar surface area (TPSA) is 66.9 Å². The molecule has 5 nitrogen and oxygen atoms in total. The third-order valence-electron chi connectivity index (χ3n) is 4.41. The first-order valence-corrected chi connectivity index (χ1v) is 9.50. The van der Waals surface area contributed by atoms with Gasteiger partial charge in [0.1, 0.15) is 5.03 Å². The van der Waals surface area contributed by atoms with E-state index in [9.17, 15) is 4.79 Å². The van der Waals surface area contributed by atoms with Crippen molar-refractivity contribution in [3.8, 4) is 0 Å². The van der Waals surface area contributed by atoms with Crippen molar-refractivity contribution in [3.05, 3.63) is 47.1 Å². The number of hydrogen-bond donors (Lipinski definition) is 2. The molecule has 140 valence electrons. The summed E-state index contributed by atoms with van der Waals surface area (Å²) in [4.78, 5) is 13.2. The van der Waals surface area contributed by atoms with Gasteiger partial charge in [-0.15, -0.1) is 22.6 Å². The zero-order chi connectivity index (χ0) is 17.7. The molecule has 8 heteroatoms. The third-order valence-corrected chi connectivity index (χ3v) is 5.85. The first-order valence-electron chi connectivity index (χ1n) is 8.31. The quantitative estimate of drug-likeness (QED) is 0.780. The number of carbonyl (C=O) groups excluding carboxylic acids is 1. The highest BCUT2D eigenvalue weighted by atomic mass is 35.5. The summed E-state index contributed by atoms with van der Waals surface area (Å²) in [6, 6.07) is 11.1. The smallest absolute Gasteiger partial charge is 0.271 e. The Hall–Kier alpha value is -1.34. The Morgan fingerprint density at radius 1 is 1.23 bits per heavy atom. The summed E-state index contributed by atoms with van der Waals surface area (Å²) < 4.78 is 0. The first kappa shape index (κ1) is 21.0. The van der Waals surface area contributed by atoms with Gasteiger partial charge in [-0.05, 0) is 55.6 Å². The minimum Gasteiger partial charge on any atom is -0.350 e. The molecule has 0 saturated carbocycles. The molecular formula is C18H22Cl2N4OS. The third kappa shape index (κ3) is 5.58. The largest absolute Gasteiger partial charge is 0.350 e. The van der Waals surface area contributed by atoms with Gasteiger partial charge >= 0.3 is 0 Å². The predicted molar refractivity (Wildman–Crippen MR) is 107 cm³/mol. The summed E-state index contributed by atoms with van der Waals surface area (Å²) in [5.74, 6) is -0.179. The highest BCUT2D eigenvalue weighted by molar-refractivity contribution is 7.99. The maximum Gasteiger partial charge on any atom is 0.271 e. The maximum atomic E-state index is 12.3. The Kier molecular flexibility index (Phi) is 7.70. The molecule has 26 heavy (non-hydrogen) atoms. The molecule has 2 aromatic rings. The van der Waals surface area contributed by atoms with E-state index in [-0.39, 0.29) is 23.7 Å². The van der Waals surface area contributed by atoms with Crippen LogP contribution < -0.4 is 10.6 Å². The van der Waals surface area contributed by atoms with E-state index in [1.807, 2.05) is 24.3 Å². The minimum atomic E-state index is -0.179. The summed E-state index contributed by atoms with van der Waals surface area (Å²) in [5, 5.41) is 15.9. The van der Waals surface area contributed by atoms with Crippen LogP contribution in [0.4, 0.5) is 0 Å². The average molecular weight is 413 g/mol. The van der Waals surface area contributed by atoms with Crippen LogP contribution in [0.3, 0.4) is 0 Å². The van der Waals surface area contributed by atoms with Gasteiger partial charge in [0.05, 0.1) is 5.02 Å². The molecule has 0 spiro atoms. The van der Waals surface area contributed by atoms with E-state index in [4.69, 9.17) is 11.6 Å². The van der Waals surface area contributed by atoms with Crippen molar-refractivity contribution in [1.82, 2.24) is 20.8 Å². The average Bonchev–Trinajstić information content (AvgIpc) is 2.63. The second-order valence-electron chi connectivity index (χ2n) is 6.53. The van der Waals surface area contributed by atoms with Crippen LogP contribution in [-0.4, -0.2) is 35.7 Å². The van der Waals surface area contributed by atoms with Crippen molar-refractivity contribution in [1.29, 1.82) is 0 Å². The number of benzene rings is 1. The maximum absolute atomic E-state index is 12.3. The van der Waals surface area contributed by atoms with E-state index in [0.29, 0.717) is 22.3 Å². The second-order valence-corrected chi connectivity index (χ2v) is 8.00. The Bertz CT molecular complexity index is 736. The molecule has 1 aliphatic rings. The molecule has 0 bridgehead atoms. The van der Waals surface area contributed by atoms with Gasteiger partial charge in [-0.2, -0.15) is 0 Å². The Balaban J connectivity index is 0.00000243. The zero-order valence-corrected chi connectivity index (χ0v) is 16.9. The fourth-order valence-corrected chi connectivity index (χ4v) is 3.73. The number of carbonyl (C=O) groups is 1. The van der Waals surface area contributed by atoms with Gasteiger partial charge in [0.15, 0.2) is 5.69 Å². The normalized spacial score (nSPS) is 15.8. The molecule has 3 rings (SSSR count). The first-order chi connectivity index (χ1) is 12.1. The lowest BCUT2D eigenvalue weighted by atomic mass is 9.81. The lowest BCUT2D eigenvalue weighted by Gasteiger charge is -2.34. The fraction of sp³-hybridized carbons (Fsp3) is 0.389. The van der Waals surface area contributed by atoms with Gasteiger partial charge in [-0.3, -0.25) is 4.79 Å². The minimum absolute atomic E-state index is 0. The van der Waals surface area contributed by atoms with E-state index in [1.165, 1.54) is 11.8 Å². The van der Waals surface area contributed by atoms with Crippen molar-refractivity contribution < 1.29 is 4.79 Å². The van der Waals surface area contributed by atoms with Gasteiger partial charge in [-0.25, -0.2) is 0 Å². The summed E-state index contributed by atoms with van der Waals surface area (Å²) in [5.41, 5.74) is 0.481. The number of aromatic nitrogens is 2. The van der Waals surface area contributed by atoms with Gasteiger partial charge in [0, 0.05) is 11.4 Å². The highest BCUT2D eigenvalue weighted by Gasteiger charge is 2.27. The monoisotopic (exact) mass is 412 g/mol. The number of piperidine rings is 1. The molecule has 0 atom stereocenters. The Morgan fingerprint density at radius 2 is 1.96 bits per heavy atom. The number of rotatable bonds is 5. The number of halogens is 2. The van der Waals surface area contributed by atoms with Crippen molar-refractivity contribution in [2.75, 3.05) is 19.6 Å². The van der Waals surface area contributed by atoms with Crippen LogP contribution in [0.15, 0.2) is 46.3 Å². The van der Waals surface area contributed by atoms with Crippen LogP contribution >= 0.6 is 35.8 Å². The van der Waals surface area contributed by atoms with E-state index in [1.54, 1.807) is 12.1 Å². The van der Waals surface area contributed by atoms with Gasteiger partial charge in [-0.1, -0.05) is 42.4 Å². The predicted octanol–water partition coefficient (Wildman–Crippen LogP) is 3.82. The van der Waals surface area contributed by atoms with Crippen LogP contribution in [0.25, 0.3) is 0 Å². The summed E-state index contributed by atoms with van der Waals surface area (Å²) in [7, 11) is 0. The lowest BCUT2D eigenvalue weighted by molar-refractivity contribution is 0.0916. The standard InChI is InChI=1S/C18H21ClN4OS.ClH/c1-18(8-10-20-11-9-18)12-21-17(24)14-6-7-16(23-22-14)25-15-5-3-2-4-13(15)19;/h2-7,20H,8-12H2,1H3,(H,21,24);1H. The highest BCUT2D eigenvalue weighted by Crippen LogP contribution is 2.31. The number of amides is 1. The fourth-order valence-electron chi connectivity index (χ4n) is 2.73. The molecule has 1 aromatic heterocycles. The molecule has 1 saturated heterocycles. The molecule has 0 unspecified atom stereocenters. The molecule has 1 fully saturated rings. The molecule has 1 aromatic carbocycles. The van der Waals surface area contributed by atoms with Crippen molar-refractivity contribution in [2.24, 2.45) is 5.41 Å². The van der Waals surface area contributed by atoms with E-state index >= 15 is 0 Å². The lowest BCUT2D eigenvalue weighted by Crippen LogP contribution is -2.43. The van der Waals surface area contributed by atoms with Crippen molar-refractivity contribution in [2.45, 2.75) is 29.7 Å². The van der Waals surface area contributed by atoms with Gasteiger partial charge in [0.25, 0.3) is 5.91 Å². The van der Waals surface area contributed by atoms with Crippen LogP contribution in [0.2, 0.25) is 5.02 Å². The van der Waals surface area contributed by atoms with Crippen LogP contribution in [-0.2, 0) is 0 Å². The SMILES string of the molecule is CC1(CNC(=O)c2ccc(Sc3ccccc3Cl)nn2)CCNCC1.Cl. The van der Waals surface area contributed by atoms with Gasteiger partial charge in [0.2, 0.25) is 0 Å².